The van der Waals surface area contributed by atoms with Crippen molar-refractivity contribution in [3.63, 3.8) is 0 Å². The maximum atomic E-state index is 13.7. The molecule has 5 rings (SSSR count). The number of H-pyrrole nitrogens is 1. The number of thiazole rings is 1. The maximum absolute atomic E-state index is 13.7. The minimum atomic E-state index is -0.323. The van der Waals surface area contributed by atoms with Gasteiger partial charge in [0.05, 0.1) is 17.0 Å². The molecule has 0 saturated carbocycles. The van der Waals surface area contributed by atoms with Crippen LogP contribution in [0.4, 0.5) is 5.13 Å². The van der Waals surface area contributed by atoms with Gasteiger partial charge < -0.3 is 5.32 Å². The number of thioether (sulfide) groups is 1. The summed E-state index contributed by atoms with van der Waals surface area (Å²) in [5, 5.41) is 12.6. The van der Waals surface area contributed by atoms with Gasteiger partial charge in [-0.1, -0.05) is 49.9 Å². The Morgan fingerprint density at radius 2 is 2.23 bits per heavy atom. The largest absolute Gasteiger partial charge is 0.301 e. The lowest BCUT2D eigenvalue weighted by Crippen LogP contribution is -2.37. The molecule has 3 aromatic heterocycles. The van der Waals surface area contributed by atoms with Crippen molar-refractivity contribution in [1.29, 1.82) is 0 Å². The third-order valence-corrected chi connectivity index (χ3v) is 7.40. The molecule has 31 heavy (non-hydrogen) atoms. The van der Waals surface area contributed by atoms with Crippen LogP contribution >= 0.6 is 23.1 Å². The average molecular weight is 453 g/mol. The number of hydrogen-bond acceptors (Lipinski definition) is 7. The second kappa shape index (κ2) is 7.61. The van der Waals surface area contributed by atoms with E-state index in [1.54, 1.807) is 11.6 Å². The molecule has 0 radical (unpaired) electrons. The molecule has 1 atom stereocenters. The zero-order chi connectivity index (χ0) is 21.6. The normalized spacial score (nSPS) is 17.4. The van der Waals surface area contributed by atoms with Crippen LogP contribution in [0.1, 0.15) is 31.4 Å². The van der Waals surface area contributed by atoms with Gasteiger partial charge in [-0.2, -0.15) is 0 Å². The SMILES string of the molecule is CC[C@@]1(C)Cc2ccccc2-c2nc3[nH]nc(SCC(=O)Nc4nccs4)n3c(=O)c21. The molecule has 0 saturated heterocycles. The van der Waals surface area contributed by atoms with Crippen LogP contribution < -0.4 is 10.9 Å². The number of hydrogen-bond donors (Lipinski definition) is 2. The van der Waals surface area contributed by atoms with Crippen LogP contribution in [0.3, 0.4) is 0 Å². The van der Waals surface area contributed by atoms with Crippen molar-refractivity contribution in [2.24, 2.45) is 0 Å². The minimum absolute atomic E-state index is 0.108. The summed E-state index contributed by atoms with van der Waals surface area (Å²) in [5.74, 6) is 0.279. The standard InChI is InChI=1S/C21H20N6O2S2/c1-3-21(2)10-12-6-4-5-7-13(12)16-15(21)17(29)27-18(24-16)25-26-20(27)31-11-14(28)23-19-22-8-9-30-19/h4-9H,3,10-11H2,1-2H3,(H,24,25)(H,22,23,28)/t21-/m0/s1. The summed E-state index contributed by atoms with van der Waals surface area (Å²) in [6.45, 7) is 4.21. The Labute approximate surface area is 186 Å². The van der Waals surface area contributed by atoms with Crippen LogP contribution in [0.2, 0.25) is 0 Å². The van der Waals surface area contributed by atoms with Crippen LogP contribution in [0, 0.1) is 0 Å². The number of nitrogens with one attached hydrogen (secondary N) is 2. The summed E-state index contributed by atoms with van der Waals surface area (Å²) in [6, 6.07) is 8.11. The van der Waals surface area contributed by atoms with Crippen LogP contribution in [-0.2, 0) is 16.6 Å². The molecule has 1 aromatic carbocycles. The number of nitrogens with zero attached hydrogens (tertiary/aromatic N) is 4. The predicted octanol–water partition coefficient (Wildman–Crippen LogP) is 3.50. The number of aromatic amines is 1. The molecule has 3 heterocycles. The highest BCUT2D eigenvalue weighted by atomic mass is 32.2. The van der Waals surface area contributed by atoms with E-state index < -0.39 is 0 Å². The van der Waals surface area contributed by atoms with Gasteiger partial charge in [0, 0.05) is 22.6 Å². The number of amides is 1. The Kier molecular flexibility index (Phi) is 4.90. The summed E-state index contributed by atoms with van der Waals surface area (Å²) in [7, 11) is 0. The van der Waals surface area contributed by atoms with Crippen molar-refractivity contribution in [3.8, 4) is 11.3 Å². The first-order chi connectivity index (χ1) is 15.0. The fourth-order valence-corrected chi connectivity index (χ4v) is 5.33. The molecule has 0 spiro atoms. The highest BCUT2D eigenvalue weighted by molar-refractivity contribution is 7.99. The van der Waals surface area contributed by atoms with E-state index in [9.17, 15) is 9.59 Å². The first-order valence-corrected chi connectivity index (χ1v) is 11.8. The number of carbonyl (C=O) groups excluding carboxylic acids is 1. The highest BCUT2D eigenvalue weighted by Crippen LogP contribution is 2.42. The van der Waals surface area contributed by atoms with E-state index in [-0.39, 0.29) is 22.6 Å². The van der Waals surface area contributed by atoms with Crippen LogP contribution in [0.15, 0.2) is 45.8 Å². The molecule has 158 valence electrons. The third kappa shape index (κ3) is 3.35. The van der Waals surface area contributed by atoms with E-state index in [2.05, 4.69) is 40.4 Å². The summed E-state index contributed by atoms with van der Waals surface area (Å²) < 4.78 is 1.49. The van der Waals surface area contributed by atoms with Gasteiger partial charge in [-0.25, -0.2) is 19.5 Å². The lowest BCUT2D eigenvalue weighted by molar-refractivity contribution is -0.113. The van der Waals surface area contributed by atoms with E-state index in [4.69, 9.17) is 4.98 Å². The average Bonchev–Trinajstić information content (AvgIpc) is 3.42. The van der Waals surface area contributed by atoms with Crippen LogP contribution in [-0.4, -0.2) is 36.2 Å². The summed E-state index contributed by atoms with van der Waals surface area (Å²) in [5.41, 5.74) is 3.17. The molecule has 8 nitrogen and oxygen atoms in total. The van der Waals surface area contributed by atoms with Gasteiger partial charge in [0.15, 0.2) is 10.3 Å². The summed E-state index contributed by atoms with van der Waals surface area (Å²) >= 11 is 2.54. The van der Waals surface area contributed by atoms with Crippen molar-refractivity contribution >= 4 is 39.9 Å². The minimum Gasteiger partial charge on any atom is -0.301 e. The zero-order valence-corrected chi connectivity index (χ0v) is 18.6. The van der Waals surface area contributed by atoms with Gasteiger partial charge in [-0.05, 0) is 18.4 Å². The topological polar surface area (TPSA) is 105 Å². The summed E-state index contributed by atoms with van der Waals surface area (Å²) in [4.78, 5) is 34.8. The molecular weight excluding hydrogens is 432 g/mol. The van der Waals surface area contributed by atoms with Gasteiger partial charge in [0.1, 0.15) is 0 Å². The maximum Gasteiger partial charge on any atom is 0.265 e. The van der Waals surface area contributed by atoms with Crippen molar-refractivity contribution in [2.75, 3.05) is 11.1 Å². The predicted molar refractivity (Wildman–Crippen MR) is 122 cm³/mol. The van der Waals surface area contributed by atoms with Gasteiger partial charge in [0.25, 0.3) is 5.56 Å². The smallest absolute Gasteiger partial charge is 0.265 e. The fourth-order valence-electron chi connectivity index (χ4n) is 4.04. The monoisotopic (exact) mass is 452 g/mol. The molecule has 4 aromatic rings. The van der Waals surface area contributed by atoms with Crippen molar-refractivity contribution in [3.05, 3.63) is 57.3 Å². The molecule has 1 amide bonds. The van der Waals surface area contributed by atoms with Gasteiger partial charge in [-0.3, -0.25) is 9.59 Å². The number of benzene rings is 1. The Hall–Kier alpha value is -2.98. The lowest BCUT2D eigenvalue weighted by Gasteiger charge is -2.34. The number of fused-ring (bicyclic) bond motifs is 4. The van der Waals surface area contributed by atoms with Crippen molar-refractivity contribution in [1.82, 2.24) is 24.6 Å². The van der Waals surface area contributed by atoms with Gasteiger partial charge >= 0.3 is 0 Å². The molecular formula is C21H20N6O2S2. The molecule has 10 heteroatoms. The Morgan fingerprint density at radius 3 is 3.00 bits per heavy atom. The quantitative estimate of drug-likeness (QED) is 0.449. The third-order valence-electron chi connectivity index (χ3n) is 5.77. The van der Waals surface area contributed by atoms with Crippen molar-refractivity contribution < 1.29 is 4.79 Å². The zero-order valence-electron chi connectivity index (χ0n) is 17.0. The van der Waals surface area contributed by atoms with E-state index in [0.29, 0.717) is 21.6 Å². The number of rotatable bonds is 5. The van der Waals surface area contributed by atoms with Crippen LogP contribution in [0.5, 0.6) is 0 Å². The molecule has 1 aliphatic carbocycles. The molecule has 1 aliphatic rings. The number of anilines is 1. The molecule has 0 aliphatic heterocycles. The summed E-state index contributed by atoms with van der Waals surface area (Å²) in [6.07, 6.45) is 3.23. The first kappa shape index (κ1) is 20.0. The highest BCUT2D eigenvalue weighted by Gasteiger charge is 2.38. The van der Waals surface area contributed by atoms with E-state index >= 15 is 0 Å². The van der Waals surface area contributed by atoms with Gasteiger partial charge in [-0.15, -0.1) is 16.4 Å². The number of aromatic nitrogens is 5. The second-order valence-corrected chi connectivity index (χ2v) is 9.57. The Balaban J connectivity index is 1.55. The van der Waals surface area contributed by atoms with Crippen molar-refractivity contribution in [2.45, 2.75) is 37.3 Å². The molecule has 0 unspecified atom stereocenters. The van der Waals surface area contributed by atoms with E-state index in [1.807, 2.05) is 18.2 Å². The van der Waals surface area contributed by atoms with Crippen LogP contribution in [0.25, 0.3) is 17.0 Å². The van der Waals surface area contributed by atoms with Gasteiger partial charge in [0.2, 0.25) is 11.7 Å². The Morgan fingerprint density at radius 1 is 1.39 bits per heavy atom. The Bertz CT molecular complexity index is 1340. The lowest BCUT2D eigenvalue weighted by atomic mass is 9.69. The molecule has 0 fully saturated rings. The molecule has 2 N–H and O–H groups in total. The molecule has 0 bridgehead atoms. The number of carbonyl (C=O) groups is 1. The first-order valence-electron chi connectivity index (χ1n) is 9.92. The second-order valence-electron chi connectivity index (χ2n) is 7.73. The van der Waals surface area contributed by atoms with E-state index in [1.165, 1.54) is 33.1 Å². The van der Waals surface area contributed by atoms with E-state index in [0.717, 1.165) is 24.1 Å². The fraction of sp³-hybridized carbons (Fsp3) is 0.286.